The number of hydrogen-bond acceptors (Lipinski definition) is 6. The lowest BCUT2D eigenvalue weighted by molar-refractivity contribution is -0.117. The van der Waals surface area contributed by atoms with Gasteiger partial charge in [-0.25, -0.2) is 0 Å². The van der Waals surface area contributed by atoms with E-state index in [4.69, 9.17) is 21.0 Å². The number of benzene rings is 2. The van der Waals surface area contributed by atoms with Crippen molar-refractivity contribution in [2.75, 3.05) is 10.6 Å². The Kier molecular flexibility index (Phi) is 12.4. The molecular weight excluding hydrogens is 464 g/mol. The maximum absolute atomic E-state index is 12.1. The summed E-state index contributed by atoms with van der Waals surface area (Å²) in [6, 6.07) is 17.2. The van der Waals surface area contributed by atoms with Crippen molar-refractivity contribution in [1.29, 1.82) is 21.0 Å². The van der Waals surface area contributed by atoms with Gasteiger partial charge in [-0.2, -0.15) is 21.0 Å². The Hall–Kier alpha value is -4.66. The fourth-order valence-corrected chi connectivity index (χ4v) is 3.88. The van der Waals surface area contributed by atoms with Gasteiger partial charge in [0.15, 0.2) is 0 Å². The second-order valence-corrected chi connectivity index (χ2v) is 8.75. The van der Waals surface area contributed by atoms with Crippen LogP contribution in [0.2, 0.25) is 0 Å². The molecular formula is C29H30N6O2. The molecule has 0 spiro atoms. The summed E-state index contributed by atoms with van der Waals surface area (Å²) in [6.07, 6.45) is 9.90. The number of carbonyl (C=O) groups excluding carboxylic acids is 2. The number of amides is 2. The van der Waals surface area contributed by atoms with Gasteiger partial charge in [0.2, 0.25) is 11.8 Å². The van der Waals surface area contributed by atoms with Gasteiger partial charge in [0, 0.05) is 24.2 Å². The zero-order valence-corrected chi connectivity index (χ0v) is 20.8. The van der Waals surface area contributed by atoms with Crippen molar-refractivity contribution in [3.05, 3.63) is 58.7 Å². The molecule has 2 amide bonds. The summed E-state index contributed by atoms with van der Waals surface area (Å²) < 4.78 is 0. The molecule has 0 saturated heterocycles. The minimum atomic E-state index is -0.0951. The van der Waals surface area contributed by atoms with Gasteiger partial charge in [-0.15, -0.1) is 0 Å². The maximum atomic E-state index is 12.1. The van der Waals surface area contributed by atoms with Crippen molar-refractivity contribution >= 4 is 23.2 Å². The summed E-state index contributed by atoms with van der Waals surface area (Å²) in [6.45, 7) is 0. The SMILES string of the molecule is N#Cc1ccc(NC(=O)CCCCCCCCCCCC(=O)Nc2ccc(C#N)c(C#N)c2)cc1C#N. The van der Waals surface area contributed by atoms with Gasteiger partial charge in [-0.05, 0) is 49.2 Å². The van der Waals surface area contributed by atoms with E-state index in [-0.39, 0.29) is 22.9 Å². The number of nitriles is 4. The zero-order valence-electron chi connectivity index (χ0n) is 20.8. The van der Waals surface area contributed by atoms with Crippen LogP contribution in [0.5, 0.6) is 0 Å². The molecule has 188 valence electrons. The minimum absolute atomic E-state index is 0.0951. The second-order valence-electron chi connectivity index (χ2n) is 8.75. The highest BCUT2D eigenvalue weighted by Crippen LogP contribution is 2.17. The van der Waals surface area contributed by atoms with E-state index in [9.17, 15) is 9.59 Å². The summed E-state index contributed by atoms with van der Waals surface area (Å²) >= 11 is 0. The lowest BCUT2D eigenvalue weighted by Gasteiger charge is -2.07. The Labute approximate surface area is 218 Å². The molecule has 0 bridgehead atoms. The lowest BCUT2D eigenvalue weighted by atomic mass is 10.1. The number of nitrogens with one attached hydrogen (secondary N) is 2. The first kappa shape index (κ1) is 28.6. The highest BCUT2D eigenvalue weighted by atomic mass is 16.2. The minimum Gasteiger partial charge on any atom is -0.326 e. The summed E-state index contributed by atoms with van der Waals surface area (Å²) in [4.78, 5) is 24.2. The van der Waals surface area contributed by atoms with Crippen molar-refractivity contribution < 1.29 is 9.59 Å². The monoisotopic (exact) mass is 494 g/mol. The van der Waals surface area contributed by atoms with Crippen LogP contribution >= 0.6 is 0 Å². The first-order chi connectivity index (χ1) is 18.0. The standard InChI is InChI=1S/C29H30N6O2/c30-18-22-12-14-26(16-24(22)20-32)34-28(36)10-8-6-4-2-1-3-5-7-9-11-29(37)35-27-15-13-23(19-31)25(17-27)21-33/h12-17H,1-11H2,(H,34,36)(H,35,37). The van der Waals surface area contributed by atoms with Gasteiger partial charge in [-0.1, -0.05) is 44.9 Å². The Morgan fingerprint density at radius 2 is 0.838 bits per heavy atom. The van der Waals surface area contributed by atoms with Gasteiger partial charge in [0.1, 0.15) is 24.3 Å². The van der Waals surface area contributed by atoms with Gasteiger partial charge in [0.05, 0.1) is 22.3 Å². The first-order valence-electron chi connectivity index (χ1n) is 12.5. The van der Waals surface area contributed by atoms with Crippen LogP contribution in [-0.2, 0) is 9.59 Å². The van der Waals surface area contributed by atoms with E-state index < -0.39 is 0 Å². The van der Waals surface area contributed by atoms with Crippen LogP contribution in [0.15, 0.2) is 36.4 Å². The molecule has 0 unspecified atom stereocenters. The third-order valence-electron chi connectivity index (χ3n) is 5.90. The number of nitrogens with zero attached hydrogens (tertiary/aromatic N) is 4. The van der Waals surface area contributed by atoms with Gasteiger partial charge < -0.3 is 10.6 Å². The van der Waals surface area contributed by atoms with Crippen molar-refractivity contribution in [2.24, 2.45) is 0 Å². The molecule has 0 aliphatic carbocycles. The lowest BCUT2D eigenvalue weighted by Crippen LogP contribution is -2.11. The molecule has 0 saturated carbocycles. The Morgan fingerprint density at radius 1 is 0.514 bits per heavy atom. The molecule has 37 heavy (non-hydrogen) atoms. The Balaban J connectivity index is 1.48. The van der Waals surface area contributed by atoms with E-state index in [1.54, 1.807) is 12.1 Å². The number of hydrogen-bond donors (Lipinski definition) is 2. The van der Waals surface area contributed by atoms with Crippen LogP contribution in [0.1, 0.15) is 92.9 Å². The molecule has 0 aliphatic heterocycles. The van der Waals surface area contributed by atoms with Crippen molar-refractivity contribution in [3.8, 4) is 24.3 Å². The maximum Gasteiger partial charge on any atom is 0.224 e. The molecule has 8 nitrogen and oxygen atoms in total. The molecule has 0 fully saturated rings. The van der Waals surface area contributed by atoms with E-state index in [1.165, 1.54) is 24.3 Å². The molecule has 0 aliphatic rings. The quantitative estimate of drug-likeness (QED) is 0.305. The van der Waals surface area contributed by atoms with E-state index in [0.29, 0.717) is 35.3 Å². The average Bonchev–Trinajstić information content (AvgIpc) is 2.91. The van der Waals surface area contributed by atoms with E-state index >= 15 is 0 Å². The first-order valence-corrected chi connectivity index (χ1v) is 12.5. The largest absolute Gasteiger partial charge is 0.326 e. The zero-order chi connectivity index (χ0) is 26.9. The van der Waals surface area contributed by atoms with Crippen LogP contribution in [0.4, 0.5) is 11.4 Å². The number of unbranched alkanes of at least 4 members (excludes halogenated alkanes) is 8. The predicted molar refractivity (Wildman–Crippen MR) is 140 cm³/mol. The average molecular weight is 495 g/mol. The van der Waals surface area contributed by atoms with E-state index in [1.807, 2.05) is 24.3 Å². The third-order valence-corrected chi connectivity index (χ3v) is 5.90. The molecule has 0 atom stereocenters. The van der Waals surface area contributed by atoms with Crippen LogP contribution in [0.25, 0.3) is 0 Å². The fourth-order valence-electron chi connectivity index (χ4n) is 3.88. The van der Waals surface area contributed by atoms with Crippen LogP contribution < -0.4 is 10.6 Å². The Morgan fingerprint density at radius 3 is 1.16 bits per heavy atom. The predicted octanol–water partition coefficient (Wildman–Crippen LogP) is 6.04. The molecule has 0 radical (unpaired) electrons. The fraction of sp³-hybridized carbons (Fsp3) is 0.379. The summed E-state index contributed by atoms with van der Waals surface area (Å²) in [5.41, 5.74) is 2.15. The number of carbonyl (C=O) groups is 2. The van der Waals surface area contributed by atoms with E-state index in [2.05, 4.69) is 10.6 Å². The molecule has 2 N–H and O–H groups in total. The summed E-state index contributed by atoms with van der Waals surface area (Å²) in [5, 5.41) is 41.6. The highest BCUT2D eigenvalue weighted by molar-refractivity contribution is 5.91. The van der Waals surface area contributed by atoms with Crippen molar-refractivity contribution in [3.63, 3.8) is 0 Å². The number of rotatable bonds is 14. The number of anilines is 2. The van der Waals surface area contributed by atoms with Gasteiger partial charge >= 0.3 is 0 Å². The van der Waals surface area contributed by atoms with Gasteiger partial charge in [0.25, 0.3) is 0 Å². The van der Waals surface area contributed by atoms with Crippen molar-refractivity contribution in [2.45, 2.75) is 70.6 Å². The van der Waals surface area contributed by atoms with Crippen LogP contribution in [-0.4, -0.2) is 11.8 Å². The molecule has 0 heterocycles. The topological polar surface area (TPSA) is 153 Å². The molecule has 2 rings (SSSR count). The normalized spacial score (nSPS) is 9.84. The van der Waals surface area contributed by atoms with Crippen molar-refractivity contribution in [1.82, 2.24) is 0 Å². The Bertz CT molecular complexity index is 1160. The molecule has 8 heteroatoms. The summed E-state index contributed by atoms with van der Waals surface area (Å²) in [5.74, 6) is -0.190. The second kappa shape index (κ2) is 16.1. The molecule has 0 aromatic heterocycles. The smallest absolute Gasteiger partial charge is 0.224 e. The van der Waals surface area contributed by atoms with Crippen LogP contribution in [0.3, 0.4) is 0 Å². The molecule has 2 aromatic carbocycles. The van der Waals surface area contributed by atoms with E-state index in [0.717, 1.165) is 57.8 Å². The third kappa shape index (κ3) is 10.2. The summed E-state index contributed by atoms with van der Waals surface area (Å²) in [7, 11) is 0. The highest BCUT2D eigenvalue weighted by Gasteiger charge is 2.08. The van der Waals surface area contributed by atoms with Crippen LogP contribution in [0, 0.1) is 45.3 Å². The molecule has 2 aromatic rings. The van der Waals surface area contributed by atoms with Gasteiger partial charge in [-0.3, -0.25) is 9.59 Å².